The van der Waals surface area contributed by atoms with Crippen LogP contribution in [0.15, 0.2) is 67.1 Å². The van der Waals surface area contributed by atoms with Crippen LogP contribution in [-0.4, -0.2) is 27.9 Å². The summed E-state index contributed by atoms with van der Waals surface area (Å²) in [5, 5.41) is 10.4. The lowest BCUT2D eigenvalue weighted by Gasteiger charge is -2.22. The molecule has 5 heteroatoms. The molecular weight excluding hydrogens is 346 g/mol. The number of nitrogens with two attached hydrogens (primary N) is 1. The molecule has 5 nitrogen and oxygen atoms in total. The molecule has 3 heterocycles. The van der Waals surface area contributed by atoms with E-state index >= 15 is 0 Å². The topological polar surface area (TPSA) is 68.8 Å². The van der Waals surface area contributed by atoms with Gasteiger partial charge in [0.15, 0.2) is 0 Å². The number of nitrogens with zero attached hydrogens (tertiary/aromatic N) is 3. The monoisotopic (exact) mass is 369 g/mol. The number of anilines is 1. The number of pyridine rings is 1. The summed E-state index contributed by atoms with van der Waals surface area (Å²) < 4.78 is 2.10. The Labute approximate surface area is 164 Å². The maximum Gasteiger partial charge on any atom is 0.131 e. The Bertz CT molecular complexity index is 1120. The van der Waals surface area contributed by atoms with E-state index in [0.717, 1.165) is 48.2 Å². The molecule has 0 saturated carbocycles. The Morgan fingerprint density at radius 3 is 2.57 bits per heavy atom. The molecule has 2 aromatic heterocycles. The predicted octanol–water partition coefficient (Wildman–Crippen LogP) is 4.27. The zero-order chi connectivity index (χ0) is 18.9. The minimum atomic E-state index is 0.469. The Balaban J connectivity index is 1.51. The fourth-order valence-electron chi connectivity index (χ4n) is 3.98. The van der Waals surface area contributed by atoms with Gasteiger partial charge in [0.25, 0.3) is 0 Å². The van der Waals surface area contributed by atoms with Gasteiger partial charge in [-0.25, -0.2) is 4.98 Å². The van der Waals surface area contributed by atoms with Gasteiger partial charge in [0, 0.05) is 29.1 Å². The molecule has 3 N–H and O–H groups in total. The molecule has 0 amide bonds. The number of hydrogen-bond donors (Lipinski definition) is 2. The van der Waals surface area contributed by atoms with Crippen molar-refractivity contribution in [2.75, 3.05) is 18.8 Å². The summed E-state index contributed by atoms with van der Waals surface area (Å²) >= 11 is 0. The highest BCUT2D eigenvalue weighted by molar-refractivity contribution is 5.89. The first-order chi connectivity index (χ1) is 13.8. The van der Waals surface area contributed by atoms with Crippen molar-refractivity contribution in [2.45, 2.75) is 18.9 Å². The van der Waals surface area contributed by atoms with E-state index in [1.165, 1.54) is 10.8 Å². The van der Waals surface area contributed by atoms with Crippen LogP contribution >= 0.6 is 0 Å². The van der Waals surface area contributed by atoms with Crippen molar-refractivity contribution in [3.8, 4) is 22.3 Å². The van der Waals surface area contributed by atoms with E-state index in [4.69, 9.17) is 5.73 Å². The third kappa shape index (κ3) is 3.14. The average Bonchev–Trinajstić information content (AvgIpc) is 3.25. The van der Waals surface area contributed by atoms with E-state index < -0.39 is 0 Å². The quantitative estimate of drug-likeness (QED) is 0.566. The van der Waals surface area contributed by atoms with Crippen molar-refractivity contribution in [3.05, 3.63) is 67.1 Å². The van der Waals surface area contributed by atoms with Crippen molar-refractivity contribution in [3.63, 3.8) is 0 Å². The molecule has 2 aromatic carbocycles. The molecule has 1 saturated heterocycles. The van der Waals surface area contributed by atoms with Crippen LogP contribution in [0.1, 0.15) is 18.9 Å². The molecule has 28 heavy (non-hydrogen) atoms. The van der Waals surface area contributed by atoms with E-state index in [2.05, 4.69) is 74.8 Å². The zero-order valence-corrected chi connectivity index (χ0v) is 15.7. The first-order valence-electron chi connectivity index (χ1n) is 9.78. The largest absolute Gasteiger partial charge is 0.383 e. The maximum atomic E-state index is 6.23. The van der Waals surface area contributed by atoms with Crippen molar-refractivity contribution in [1.82, 2.24) is 20.1 Å². The molecule has 1 aliphatic heterocycles. The molecule has 5 rings (SSSR count). The number of benzene rings is 2. The number of nitrogens with one attached hydrogen (secondary N) is 1. The van der Waals surface area contributed by atoms with Crippen molar-refractivity contribution >= 4 is 16.6 Å². The predicted molar refractivity (Wildman–Crippen MR) is 114 cm³/mol. The molecule has 0 unspecified atom stereocenters. The Hall–Kier alpha value is -3.18. The lowest BCUT2D eigenvalue weighted by atomic mass is 9.99. The molecule has 0 radical (unpaired) electrons. The smallest absolute Gasteiger partial charge is 0.131 e. The fourth-order valence-corrected chi connectivity index (χ4v) is 3.98. The van der Waals surface area contributed by atoms with Gasteiger partial charge in [-0.3, -0.25) is 4.68 Å². The summed E-state index contributed by atoms with van der Waals surface area (Å²) in [6.45, 7) is 2.10. The van der Waals surface area contributed by atoms with Gasteiger partial charge >= 0.3 is 0 Å². The number of aromatic nitrogens is 3. The number of nitrogen functional groups attached to an aromatic ring is 1. The summed E-state index contributed by atoms with van der Waals surface area (Å²) in [4.78, 5) is 4.46. The van der Waals surface area contributed by atoms with Gasteiger partial charge in [-0.05, 0) is 54.4 Å². The highest BCUT2D eigenvalue weighted by Gasteiger charge is 2.16. The zero-order valence-electron chi connectivity index (χ0n) is 15.7. The first kappa shape index (κ1) is 17.0. The molecule has 0 bridgehead atoms. The second-order valence-electron chi connectivity index (χ2n) is 7.41. The third-order valence-electron chi connectivity index (χ3n) is 5.60. The van der Waals surface area contributed by atoms with Crippen LogP contribution in [-0.2, 0) is 0 Å². The second kappa shape index (κ2) is 7.09. The summed E-state index contributed by atoms with van der Waals surface area (Å²) in [6.07, 6.45) is 8.13. The normalized spacial score (nSPS) is 15.1. The number of fused-ring (bicyclic) bond motifs is 1. The summed E-state index contributed by atoms with van der Waals surface area (Å²) in [5.74, 6) is 0.546. The van der Waals surface area contributed by atoms with Gasteiger partial charge in [0.05, 0.1) is 12.2 Å². The van der Waals surface area contributed by atoms with Crippen LogP contribution in [0.3, 0.4) is 0 Å². The molecule has 0 spiro atoms. The van der Waals surface area contributed by atoms with E-state index in [9.17, 15) is 0 Å². The molecule has 0 aliphatic carbocycles. The van der Waals surface area contributed by atoms with E-state index in [1.54, 1.807) is 0 Å². The van der Waals surface area contributed by atoms with Gasteiger partial charge in [-0.1, -0.05) is 36.4 Å². The van der Waals surface area contributed by atoms with Gasteiger partial charge < -0.3 is 11.1 Å². The van der Waals surface area contributed by atoms with Crippen LogP contribution in [0.2, 0.25) is 0 Å². The lowest BCUT2D eigenvalue weighted by Crippen LogP contribution is -2.29. The maximum absolute atomic E-state index is 6.23. The molecular formula is C23H23N5. The van der Waals surface area contributed by atoms with Crippen LogP contribution in [0.4, 0.5) is 5.82 Å². The average molecular weight is 369 g/mol. The number of hydrogen-bond acceptors (Lipinski definition) is 4. The van der Waals surface area contributed by atoms with Crippen LogP contribution in [0, 0.1) is 0 Å². The number of piperidine rings is 1. The summed E-state index contributed by atoms with van der Waals surface area (Å²) in [6, 6.07) is 17.3. The number of rotatable bonds is 3. The van der Waals surface area contributed by atoms with Gasteiger partial charge in [-0.2, -0.15) is 5.10 Å². The molecule has 140 valence electrons. The Kier molecular flexibility index (Phi) is 4.29. The molecule has 1 fully saturated rings. The fraction of sp³-hybridized carbons (Fsp3) is 0.217. The van der Waals surface area contributed by atoms with Crippen molar-refractivity contribution < 1.29 is 0 Å². The van der Waals surface area contributed by atoms with Crippen LogP contribution in [0.25, 0.3) is 33.0 Å². The summed E-state index contributed by atoms with van der Waals surface area (Å²) in [5.41, 5.74) is 10.4. The van der Waals surface area contributed by atoms with E-state index in [1.807, 2.05) is 12.4 Å². The van der Waals surface area contributed by atoms with E-state index in [-0.39, 0.29) is 0 Å². The standard InChI is InChI=1S/C23H23N5/c24-23-22(18-6-5-16-3-1-2-4-17(16)11-18)12-19(13-26-23)20-14-27-28(15-20)21-7-9-25-10-8-21/h1-6,11-15,21,25H,7-10H2,(H2,24,26). The van der Waals surface area contributed by atoms with E-state index in [0.29, 0.717) is 11.9 Å². The third-order valence-corrected chi connectivity index (χ3v) is 5.60. The minimum absolute atomic E-state index is 0.469. The van der Waals surface area contributed by atoms with Crippen LogP contribution < -0.4 is 11.1 Å². The summed E-state index contributed by atoms with van der Waals surface area (Å²) in [7, 11) is 0. The molecule has 4 aromatic rings. The Morgan fingerprint density at radius 2 is 1.71 bits per heavy atom. The minimum Gasteiger partial charge on any atom is -0.383 e. The van der Waals surface area contributed by atoms with Gasteiger partial charge in [0.2, 0.25) is 0 Å². The second-order valence-corrected chi connectivity index (χ2v) is 7.41. The van der Waals surface area contributed by atoms with Crippen molar-refractivity contribution in [2.24, 2.45) is 0 Å². The lowest BCUT2D eigenvalue weighted by molar-refractivity contribution is 0.343. The molecule has 0 atom stereocenters. The highest BCUT2D eigenvalue weighted by atomic mass is 15.3. The first-order valence-corrected chi connectivity index (χ1v) is 9.78. The van der Waals surface area contributed by atoms with Gasteiger partial charge in [-0.15, -0.1) is 0 Å². The van der Waals surface area contributed by atoms with Gasteiger partial charge in [0.1, 0.15) is 5.82 Å². The Morgan fingerprint density at radius 1 is 0.893 bits per heavy atom. The highest BCUT2D eigenvalue weighted by Crippen LogP contribution is 2.32. The van der Waals surface area contributed by atoms with Crippen molar-refractivity contribution in [1.29, 1.82) is 0 Å². The van der Waals surface area contributed by atoms with Crippen LogP contribution in [0.5, 0.6) is 0 Å². The molecule has 1 aliphatic rings. The SMILES string of the molecule is Nc1ncc(-c2cnn(C3CCNCC3)c2)cc1-c1ccc2ccccc2c1.